The molecule has 0 radical (unpaired) electrons. The maximum absolute atomic E-state index is 13.3. The van der Waals surface area contributed by atoms with Gasteiger partial charge in [-0.1, -0.05) is 30.3 Å². The van der Waals surface area contributed by atoms with E-state index in [0.717, 1.165) is 6.07 Å². The first kappa shape index (κ1) is 26.0. The Morgan fingerprint density at radius 1 is 0.917 bits per heavy atom. The van der Waals surface area contributed by atoms with Gasteiger partial charge in [0.15, 0.2) is 5.78 Å². The van der Waals surface area contributed by atoms with E-state index >= 15 is 0 Å². The molecule has 9 nitrogen and oxygen atoms in total. The molecule has 10 heteroatoms. The Morgan fingerprint density at radius 2 is 1.58 bits per heavy atom. The molecule has 0 aliphatic carbocycles. The summed E-state index contributed by atoms with van der Waals surface area (Å²) in [6.07, 6.45) is -1.34. The molecular formula is C26H24FN3O6. The first-order valence-electron chi connectivity index (χ1n) is 10.9. The SMILES string of the molecule is CC(C)(C)OC(=O)Nc1ccc(-c2ccc(F)cc2)cc1NC(=O)CC(=O)c1cccc([N+](=O)[O-])c1. The maximum atomic E-state index is 13.3. The Kier molecular flexibility index (Phi) is 7.78. The molecule has 3 rings (SSSR count). The van der Waals surface area contributed by atoms with Gasteiger partial charge in [0.05, 0.1) is 22.7 Å². The summed E-state index contributed by atoms with van der Waals surface area (Å²) in [6.45, 7) is 5.10. The van der Waals surface area contributed by atoms with Crippen LogP contribution < -0.4 is 10.6 Å². The van der Waals surface area contributed by atoms with Crippen molar-refractivity contribution in [2.75, 3.05) is 10.6 Å². The summed E-state index contributed by atoms with van der Waals surface area (Å²) in [5.74, 6) is -1.72. The summed E-state index contributed by atoms with van der Waals surface area (Å²) >= 11 is 0. The number of rotatable bonds is 7. The zero-order valence-corrected chi connectivity index (χ0v) is 19.8. The van der Waals surface area contributed by atoms with Crippen LogP contribution in [0.4, 0.5) is 26.2 Å². The molecule has 0 atom stereocenters. The quantitative estimate of drug-likeness (QED) is 0.181. The van der Waals surface area contributed by atoms with E-state index in [1.807, 2.05) is 0 Å². The molecule has 2 N–H and O–H groups in total. The maximum Gasteiger partial charge on any atom is 0.412 e. The number of anilines is 2. The molecule has 36 heavy (non-hydrogen) atoms. The van der Waals surface area contributed by atoms with Gasteiger partial charge in [0.25, 0.3) is 5.69 Å². The molecule has 0 saturated carbocycles. The highest BCUT2D eigenvalue weighted by Gasteiger charge is 2.20. The van der Waals surface area contributed by atoms with Crippen LogP contribution in [0.2, 0.25) is 0 Å². The van der Waals surface area contributed by atoms with Gasteiger partial charge in [-0.15, -0.1) is 0 Å². The number of ether oxygens (including phenoxy) is 1. The first-order chi connectivity index (χ1) is 16.9. The number of non-ortho nitro benzene ring substituents is 1. The van der Waals surface area contributed by atoms with Crippen LogP contribution in [0.1, 0.15) is 37.6 Å². The Hall–Kier alpha value is -4.60. The van der Waals surface area contributed by atoms with E-state index in [1.54, 1.807) is 51.1 Å². The fraction of sp³-hybridized carbons (Fsp3) is 0.192. The fourth-order valence-corrected chi connectivity index (χ4v) is 3.23. The Morgan fingerprint density at radius 3 is 2.22 bits per heavy atom. The van der Waals surface area contributed by atoms with Gasteiger partial charge in [0.1, 0.15) is 11.4 Å². The number of Topliss-reactive ketones (excluding diaryl/α,β-unsaturated/α-hetero) is 1. The first-order valence-corrected chi connectivity index (χ1v) is 10.9. The van der Waals surface area contributed by atoms with E-state index in [-0.39, 0.29) is 22.6 Å². The highest BCUT2D eigenvalue weighted by atomic mass is 19.1. The molecule has 0 saturated heterocycles. The minimum absolute atomic E-state index is 0.0199. The van der Waals surface area contributed by atoms with Gasteiger partial charge in [-0.25, -0.2) is 9.18 Å². The average Bonchev–Trinajstić information content (AvgIpc) is 2.79. The van der Waals surface area contributed by atoms with Gasteiger partial charge in [-0.05, 0) is 56.2 Å². The Balaban J connectivity index is 1.85. The third kappa shape index (κ3) is 7.20. The smallest absolute Gasteiger partial charge is 0.412 e. The number of halogens is 1. The number of carbonyl (C=O) groups excluding carboxylic acids is 3. The summed E-state index contributed by atoms with van der Waals surface area (Å²) in [7, 11) is 0. The van der Waals surface area contributed by atoms with Crippen molar-refractivity contribution in [1.29, 1.82) is 0 Å². The molecule has 0 aliphatic rings. The molecule has 186 valence electrons. The third-order valence-electron chi connectivity index (χ3n) is 4.81. The predicted molar refractivity (Wildman–Crippen MR) is 132 cm³/mol. The molecule has 0 aliphatic heterocycles. The van der Waals surface area contributed by atoms with Gasteiger partial charge in [0.2, 0.25) is 5.91 Å². The lowest BCUT2D eigenvalue weighted by Gasteiger charge is -2.21. The van der Waals surface area contributed by atoms with E-state index < -0.39 is 40.5 Å². The molecule has 0 spiro atoms. The summed E-state index contributed by atoms with van der Waals surface area (Å²) in [4.78, 5) is 47.9. The normalized spacial score (nSPS) is 10.9. The second kappa shape index (κ2) is 10.8. The summed E-state index contributed by atoms with van der Waals surface area (Å²) in [5.41, 5.74) is 0.662. The van der Waals surface area contributed by atoms with Gasteiger partial charge >= 0.3 is 6.09 Å². The van der Waals surface area contributed by atoms with Gasteiger partial charge in [-0.3, -0.25) is 25.0 Å². The number of hydrogen-bond donors (Lipinski definition) is 2. The van der Waals surface area contributed by atoms with Crippen molar-refractivity contribution < 1.29 is 28.4 Å². The highest BCUT2D eigenvalue weighted by molar-refractivity contribution is 6.12. The number of carbonyl (C=O) groups is 3. The van der Waals surface area contributed by atoms with Crippen molar-refractivity contribution in [2.24, 2.45) is 0 Å². The lowest BCUT2D eigenvalue weighted by atomic mass is 10.0. The molecule has 2 amide bonds. The van der Waals surface area contributed by atoms with Crippen molar-refractivity contribution >= 4 is 34.8 Å². The fourth-order valence-electron chi connectivity index (χ4n) is 3.23. The van der Waals surface area contributed by atoms with Crippen molar-refractivity contribution in [2.45, 2.75) is 32.8 Å². The van der Waals surface area contributed by atoms with Crippen LogP contribution in [-0.4, -0.2) is 28.3 Å². The van der Waals surface area contributed by atoms with Crippen LogP contribution in [0, 0.1) is 15.9 Å². The van der Waals surface area contributed by atoms with Crippen LogP contribution in [-0.2, 0) is 9.53 Å². The summed E-state index contributed by atoms with van der Waals surface area (Å²) < 4.78 is 18.6. The molecule has 0 bridgehead atoms. The van der Waals surface area contributed by atoms with E-state index in [1.165, 1.54) is 30.3 Å². The zero-order valence-electron chi connectivity index (χ0n) is 19.8. The largest absolute Gasteiger partial charge is 0.444 e. The van der Waals surface area contributed by atoms with Crippen molar-refractivity contribution in [1.82, 2.24) is 0 Å². The van der Waals surface area contributed by atoms with Crippen LogP contribution in [0.3, 0.4) is 0 Å². The van der Waals surface area contributed by atoms with Gasteiger partial charge in [-0.2, -0.15) is 0 Å². The predicted octanol–water partition coefficient (Wildman–Crippen LogP) is 5.96. The number of amides is 2. The number of ketones is 1. The third-order valence-corrected chi connectivity index (χ3v) is 4.81. The Bertz CT molecular complexity index is 1320. The minimum atomic E-state index is -0.758. The lowest BCUT2D eigenvalue weighted by Crippen LogP contribution is -2.27. The Labute approximate surface area is 206 Å². The standard InChI is InChI=1S/C26H24FN3O6/c1-26(2,3)36-25(33)29-21-12-9-17(16-7-10-19(27)11-8-16)14-22(21)28-24(32)15-23(31)18-5-4-6-20(13-18)30(34)35/h4-14H,15H2,1-3H3,(H,28,32)(H,29,33). The van der Waals surface area contributed by atoms with E-state index in [4.69, 9.17) is 4.74 Å². The van der Waals surface area contributed by atoms with E-state index in [2.05, 4.69) is 10.6 Å². The summed E-state index contributed by atoms with van der Waals surface area (Å²) in [5, 5.41) is 16.1. The molecule has 0 aromatic heterocycles. The molecule has 3 aromatic rings. The highest BCUT2D eigenvalue weighted by Crippen LogP contribution is 2.30. The number of nitrogens with one attached hydrogen (secondary N) is 2. The molecule has 0 fully saturated rings. The second-order valence-corrected chi connectivity index (χ2v) is 8.85. The van der Waals surface area contributed by atoms with Crippen LogP contribution in [0.15, 0.2) is 66.7 Å². The van der Waals surface area contributed by atoms with Crippen molar-refractivity contribution in [3.63, 3.8) is 0 Å². The lowest BCUT2D eigenvalue weighted by molar-refractivity contribution is -0.384. The molecule has 0 unspecified atom stereocenters. The van der Waals surface area contributed by atoms with Crippen molar-refractivity contribution in [3.05, 3.63) is 88.2 Å². The second-order valence-electron chi connectivity index (χ2n) is 8.85. The molecule has 3 aromatic carbocycles. The topological polar surface area (TPSA) is 128 Å². The van der Waals surface area contributed by atoms with E-state index in [0.29, 0.717) is 11.1 Å². The molecular weight excluding hydrogens is 469 g/mol. The number of benzene rings is 3. The number of nitro groups is 1. The van der Waals surface area contributed by atoms with Crippen LogP contribution in [0.25, 0.3) is 11.1 Å². The van der Waals surface area contributed by atoms with E-state index in [9.17, 15) is 28.9 Å². The number of nitrogens with zero attached hydrogens (tertiary/aromatic N) is 1. The van der Waals surface area contributed by atoms with Gasteiger partial charge < -0.3 is 10.1 Å². The minimum Gasteiger partial charge on any atom is -0.444 e. The average molecular weight is 493 g/mol. The van der Waals surface area contributed by atoms with Crippen LogP contribution >= 0.6 is 0 Å². The molecule has 0 heterocycles. The number of nitro benzene ring substituents is 1. The zero-order chi connectivity index (χ0) is 26.5. The summed E-state index contributed by atoms with van der Waals surface area (Å²) in [6, 6.07) is 15.6. The van der Waals surface area contributed by atoms with Crippen LogP contribution in [0.5, 0.6) is 0 Å². The van der Waals surface area contributed by atoms with Crippen molar-refractivity contribution in [3.8, 4) is 11.1 Å². The monoisotopic (exact) mass is 493 g/mol. The number of hydrogen-bond acceptors (Lipinski definition) is 6. The van der Waals surface area contributed by atoms with Gasteiger partial charge in [0, 0.05) is 17.7 Å².